The topological polar surface area (TPSA) is 55.6 Å². The predicted molar refractivity (Wildman–Crippen MR) is 78.5 cm³/mol. The minimum Gasteiger partial charge on any atom is -0.428 e. The quantitative estimate of drug-likeness (QED) is 0.379. The first-order valence-electron chi connectivity index (χ1n) is 6.85. The summed E-state index contributed by atoms with van der Waals surface area (Å²) in [6.45, 7) is 0.0131. The van der Waals surface area contributed by atoms with E-state index in [0.29, 0.717) is 11.1 Å². The summed E-state index contributed by atoms with van der Waals surface area (Å²) in [6, 6.07) is 13.3. The molecule has 0 aromatic heterocycles. The molecule has 0 aliphatic heterocycles. The van der Waals surface area contributed by atoms with E-state index in [9.17, 15) is 22.4 Å². The summed E-state index contributed by atoms with van der Waals surface area (Å²) in [5.41, 5.74) is 0.922. The SMILES string of the molecule is NN(Cc1ccc(OC(F)(F)C(F)F)cc1)C(=O)c1ccccc1. The van der Waals surface area contributed by atoms with E-state index in [2.05, 4.69) is 4.74 Å². The largest absolute Gasteiger partial charge is 0.461 e. The number of hydrazine groups is 1. The molecule has 2 aromatic carbocycles. The Hall–Kier alpha value is -2.61. The third kappa shape index (κ3) is 4.45. The molecule has 1 amide bonds. The lowest BCUT2D eigenvalue weighted by atomic mass is 10.2. The Morgan fingerprint density at radius 3 is 2.21 bits per heavy atom. The van der Waals surface area contributed by atoms with Crippen molar-refractivity contribution in [2.45, 2.75) is 19.1 Å². The van der Waals surface area contributed by atoms with E-state index < -0.39 is 24.2 Å². The number of benzene rings is 2. The molecule has 0 aliphatic rings. The van der Waals surface area contributed by atoms with Crippen molar-refractivity contribution in [1.82, 2.24) is 5.01 Å². The van der Waals surface area contributed by atoms with Gasteiger partial charge in [0.15, 0.2) is 0 Å². The molecule has 0 aliphatic carbocycles. The lowest BCUT2D eigenvalue weighted by molar-refractivity contribution is -0.253. The highest BCUT2D eigenvalue weighted by atomic mass is 19.3. The Morgan fingerprint density at radius 2 is 1.67 bits per heavy atom. The lowest BCUT2D eigenvalue weighted by Gasteiger charge is -2.18. The minimum absolute atomic E-state index is 0.0131. The molecular weight excluding hydrogens is 328 g/mol. The minimum atomic E-state index is -4.56. The van der Waals surface area contributed by atoms with Gasteiger partial charge in [0.05, 0.1) is 6.54 Å². The van der Waals surface area contributed by atoms with Gasteiger partial charge in [-0.3, -0.25) is 9.80 Å². The van der Waals surface area contributed by atoms with Crippen LogP contribution < -0.4 is 10.6 Å². The third-order valence-electron chi connectivity index (χ3n) is 3.07. The van der Waals surface area contributed by atoms with Gasteiger partial charge in [-0.25, -0.2) is 5.84 Å². The highest BCUT2D eigenvalue weighted by Crippen LogP contribution is 2.27. The van der Waals surface area contributed by atoms with E-state index in [1.807, 2.05) is 0 Å². The van der Waals surface area contributed by atoms with Gasteiger partial charge >= 0.3 is 12.5 Å². The van der Waals surface area contributed by atoms with Crippen LogP contribution in [0.5, 0.6) is 5.75 Å². The Labute approximate surface area is 135 Å². The zero-order valence-electron chi connectivity index (χ0n) is 12.3. The summed E-state index contributed by atoms with van der Waals surface area (Å²) < 4.78 is 53.7. The van der Waals surface area contributed by atoms with Crippen molar-refractivity contribution in [2.75, 3.05) is 0 Å². The molecule has 0 heterocycles. The van der Waals surface area contributed by atoms with E-state index in [0.717, 1.165) is 17.1 Å². The van der Waals surface area contributed by atoms with Crippen molar-refractivity contribution >= 4 is 5.91 Å². The fourth-order valence-corrected chi connectivity index (χ4v) is 1.88. The Bertz CT molecular complexity index is 678. The van der Waals surface area contributed by atoms with Gasteiger partial charge in [0.1, 0.15) is 5.75 Å². The molecule has 0 atom stereocenters. The fraction of sp³-hybridized carbons (Fsp3) is 0.188. The van der Waals surface area contributed by atoms with Crippen molar-refractivity contribution < 1.29 is 27.1 Å². The zero-order valence-corrected chi connectivity index (χ0v) is 12.3. The lowest BCUT2D eigenvalue weighted by Crippen LogP contribution is -2.36. The molecule has 0 spiro atoms. The Kier molecular flexibility index (Phi) is 5.40. The number of alkyl halides is 4. The van der Waals surface area contributed by atoms with Crippen LogP contribution in [0.25, 0.3) is 0 Å². The van der Waals surface area contributed by atoms with E-state index in [1.54, 1.807) is 30.3 Å². The first-order valence-corrected chi connectivity index (χ1v) is 6.85. The van der Waals surface area contributed by atoms with E-state index in [1.165, 1.54) is 12.1 Å². The van der Waals surface area contributed by atoms with Crippen molar-refractivity contribution in [1.29, 1.82) is 0 Å². The summed E-state index contributed by atoms with van der Waals surface area (Å²) in [7, 11) is 0. The van der Waals surface area contributed by atoms with Crippen molar-refractivity contribution in [3.05, 3.63) is 65.7 Å². The van der Waals surface area contributed by atoms with Crippen LogP contribution >= 0.6 is 0 Å². The highest BCUT2D eigenvalue weighted by molar-refractivity contribution is 5.93. The molecule has 128 valence electrons. The molecule has 24 heavy (non-hydrogen) atoms. The van der Waals surface area contributed by atoms with Crippen LogP contribution in [0.1, 0.15) is 15.9 Å². The summed E-state index contributed by atoms with van der Waals surface area (Å²) in [5, 5.41) is 0.957. The van der Waals surface area contributed by atoms with Crippen molar-refractivity contribution in [3.8, 4) is 5.75 Å². The molecule has 8 heteroatoms. The van der Waals surface area contributed by atoms with E-state index in [-0.39, 0.29) is 6.54 Å². The Morgan fingerprint density at radius 1 is 1.08 bits per heavy atom. The number of hydrogen-bond donors (Lipinski definition) is 1. The summed E-state index contributed by atoms with van der Waals surface area (Å²) in [4.78, 5) is 12.1. The molecule has 0 unspecified atom stereocenters. The van der Waals surface area contributed by atoms with E-state index in [4.69, 9.17) is 5.84 Å². The molecule has 0 fully saturated rings. The number of rotatable bonds is 6. The van der Waals surface area contributed by atoms with Crippen molar-refractivity contribution in [2.24, 2.45) is 5.84 Å². The summed E-state index contributed by atoms with van der Waals surface area (Å²) in [6.07, 6.45) is -8.50. The molecule has 2 rings (SSSR count). The molecule has 2 N–H and O–H groups in total. The monoisotopic (exact) mass is 342 g/mol. The molecule has 0 radical (unpaired) electrons. The predicted octanol–water partition coefficient (Wildman–Crippen LogP) is 3.44. The molecule has 0 saturated heterocycles. The highest BCUT2D eigenvalue weighted by Gasteiger charge is 2.43. The van der Waals surface area contributed by atoms with Crippen LogP contribution in [0.4, 0.5) is 17.6 Å². The maximum Gasteiger partial charge on any atom is 0.461 e. The number of carbonyl (C=O) groups is 1. The van der Waals surface area contributed by atoms with Gasteiger partial charge in [-0.05, 0) is 29.8 Å². The van der Waals surface area contributed by atoms with Gasteiger partial charge in [-0.2, -0.15) is 17.6 Å². The zero-order chi connectivity index (χ0) is 17.7. The van der Waals surface area contributed by atoms with Crippen LogP contribution in [0.3, 0.4) is 0 Å². The molecular formula is C16H14F4N2O2. The van der Waals surface area contributed by atoms with Crippen LogP contribution in [-0.2, 0) is 6.54 Å². The van der Waals surface area contributed by atoms with Crippen LogP contribution in [0.15, 0.2) is 54.6 Å². The summed E-state index contributed by atoms with van der Waals surface area (Å²) in [5.74, 6) is 4.86. The number of ether oxygens (including phenoxy) is 1. The van der Waals surface area contributed by atoms with Crippen molar-refractivity contribution in [3.63, 3.8) is 0 Å². The third-order valence-corrected chi connectivity index (χ3v) is 3.07. The molecule has 0 saturated carbocycles. The normalized spacial score (nSPS) is 11.4. The van der Waals surface area contributed by atoms with Gasteiger partial charge in [0.2, 0.25) is 0 Å². The van der Waals surface area contributed by atoms with Gasteiger partial charge in [-0.1, -0.05) is 30.3 Å². The average molecular weight is 342 g/mol. The number of nitrogens with zero attached hydrogens (tertiary/aromatic N) is 1. The number of carbonyl (C=O) groups excluding carboxylic acids is 1. The number of hydrogen-bond acceptors (Lipinski definition) is 3. The van der Waals surface area contributed by atoms with Crippen LogP contribution in [-0.4, -0.2) is 23.5 Å². The smallest absolute Gasteiger partial charge is 0.428 e. The second-order valence-electron chi connectivity index (χ2n) is 4.91. The number of nitrogens with two attached hydrogens (primary N) is 1. The fourth-order valence-electron chi connectivity index (χ4n) is 1.88. The first-order chi connectivity index (χ1) is 11.3. The van der Waals surface area contributed by atoms with Gasteiger partial charge in [0.25, 0.3) is 5.91 Å². The molecule has 4 nitrogen and oxygen atoms in total. The Balaban J connectivity index is 2.00. The maximum absolute atomic E-state index is 12.8. The van der Waals surface area contributed by atoms with E-state index >= 15 is 0 Å². The second-order valence-corrected chi connectivity index (χ2v) is 4.91. The first kappa shape index (κ1) is 17.7. The molecule has 0 bridgehead atoms. The van der Waals surface area contributed by atoms with Crippen LogP contribution in [0.2, 0.25) is 0 Å². The van der Waals surface area contributed by atoms with Crippen LogP contribution in [0, 0.1) is 0 Å². The summed E-state index contributed by atoms with van der Waals surface area (Å²) >= 11 is 0. The van der Waals surface area contributed by atoms with Gasteiger partial charge in [0, 0.05) is 5.56 Å². The number of halogens is 4. The molecule has 2 aromatic rings. The second kappa shape index (κ2) is 7.31. The van der Waals surface area contributed by atoms with Gasteiger partial charge < -0.3 is 4.74 Å². The maximum atomic E-state index is 12.8. The van der Waals surface area contributed by atoms with Gasteiger partial charge in [-0.15, -0.1) is 0 Å². The standard InChI is InChI=1S/C16H14F4N2O2/c17-15(18)16(19,20)24-13-8-6-11(7-9-13)10-22(21)14(23)12-4-2-1-3-5-12/h1-9,15H,10,21H2. The number of amides is 1. The average Bonchev–Trinajstić information content (AvgIpc) is 2.56.